The van der Waals surface area contributed by atoms with E-state index < -0.39 is 0 Å². The number of hydrogen-bond donors (Lipinski definition) is 1. The number of thioether (sulfide) groups is 1. The smallest absolute Gasteiger partial charge is 0.341 e. The Bertz CT molecular complexity index is 439. The monoisotopic (exact) mass is 280 g/mol. The third-order valence-electron chi connectivity index (χ3n) is 3.34. The number of rotatable bonds is 5. The Kier molecular flexibility index (Phi) is 5.07. The Labute approximate surface area is 118 Å². The van der Waals surface area contributed by atoms with Crippen molar-refractivity contribution in [2.75, 3.05) is 18.2 Å². The highest BCUT2D eigenvalue weighted by Crippen LogP contribution is 2.31. The summed E-state index contributed by atoms with van der Waals surface area (Å²) < 4.78 is 4.78. The number of hydrogen-bond acceptors (Lipinski definition) is 5. The summed E-state index contributed by atoms with van der Waals surface area (Å²) in [7, 11) is 1.39. The molecular weight excluding hydrogens is 260 g/mol. The third kappa shape index (κ3) is 3.62. The lowest BCUT2D eigenvalue weighted by Crippen LogP contribution is -2.19. The number of ether oxygens (including phenoxy) is 1. The van der Waals surface area contributed by atoms with Gasteiger partial charge in [-0.05, 0) is 37.1 Å². The van der Waals surface area contributed by atoms with E-state index in [1.165, 1.54) is 13.5 Å². The number of nitrogens with one attached hydrogen (secondary N) is 1. The first-order valence-electron chi connectivity index (χ1n) is 6.66. The van der Waals surface area contributed by atoms with Crippen molar-refractivity contribution in [1.29, 1.82) is 0 Å². The van der Waals surface area contributed by atoms with Crippen LogP contribution in [-0.2, 0) is 4.74 Å². The molecule has 0 radical (unpaired) electrons. The summed E-state index contributed by atoms with van der Waals surface area (Å²) in [5.41, 5.74) is 0.511. The van der Waals surface area contributed by atoms with Crippen LogP contribution >= 0.6 is 11.8 Å². The number of nitrogens with zero attached hydrogens (tertiary/aromatic N) is 1. The van der Waals surface area contributed by atoms with Gasteiger partial charge in [0.2, 0.25) is 0 Å². The molecule has 1 fully saturated rings. The average molecular weight is 280 g/mol. The predicted molar refractivity (Wildman–Crippen MR) is 78.8 cm³/mol. The van der Waals surface area contributed by atoms with Crippen LogP contribution in [0.1, 0.15) is 36.5 Å². The summed E-state index contributed by atoms with van der Waals surface area (Å²) in [5.74, 6) is 1.46. The number of esters is 1. The van der Waals surface area contributed by atoms with Crippen molar-refractivity contribution >= 4 is 23.5 Å². The van der Waals surface area contributed by atoms with Gasteiger partial charge in [0.25, 0.3) is 0 Å². The molecular formula is C14H20N2O2S. The van der Waals surface area contributed by atoms with Crippen LogP contribution in [0.25, 0.3) is 0 Å². The summed E-state index contributed by atoms with van der Waals surface area (Å²) in [5, 5.41) is 4.12. The molecule has 1 aromatic rings. The van der Waals surface area contributed by atoms with E-state index in [-0.39, 0.29) is 5.97 Å². The van der Waals surface area contributed by atoms with Gasteiger partial charge in [0.05, 0.1) is 7.11 Å². The lowest BCUT2D eigenvalue weighted by molar-refractivity contribution is 0.0601. The van der Waals surface area contributed by atoms with Gasteiger partial charge in [0.1, 0.15) is 11.4 Å². The Hall–Kier alpha value is -1.23. The van der Waals surface area contributed by atoms with E-state index in [9.17, 15) is 4.79 Å². The minimum Gasteiger partial charge on any atom is -0.465 e. The van der Waals surface area contributed by atoms with Gasteiger partial charge in [-0.2, -0.15) is 11.8 Å². The van der Waals surface area contributed by atoms with Gasteiger partial charge >= 0.3 is 5.97 Å². The van der Waals surface area contributed by atoms with E-state index >= 15 is 0 Å². The second-order valence-electron chi connectivity index (χ2n) is 4.62. The van der Waals surface area contributed by atoms with Crippen molar-refractivity contribution < 1.29 is 9.53 Å². The van der Waals surface area contributed by atoms with E-state index in [1.807, 2.05) is 11.8 Å². The van der Waals surface area contributed by atoms with Crippen molar-refractivity contribution in [1.82, 2.24) is 4.98 Å². The van der Waals surface area contributed by atoms with Crippen LogP contribution in [0.15, 0.2) is 18.3 Å². The highest BCUT2D eigenvalue weighted by atomic mass is 32.2. The van der Waals surface area contributed by atoms with Crippen LogP contribution in [0.2, 0.25) is 0 Å². The average Bonchev–Trinajstić information content (AvgIpc) is 2.86. The number of pyridine rings is 1. The standard InChI is InChI=1S/C14H20N2O2S/c1-3-19-11-7-6-10(9-11)16-13-12(14(17)18-2)5-4-8-15-13/h4-5,8,10-11H,3,6-7,9H2,1-2H3,(H,15,16). The lowest BCUT2D eigenvalue weighted by Gasteiger charge is -2.15. The molecule has 1 aromatic heterocycles. The zero-order chi connectivity index (χ0) is 13.7. The molecule has 4 nitrogen and oxygen atoms in total. The van der Waals surface area contributed by atoms with E-state index in [2.05, 4.69) is 17.2 Å². The van der Waals surface area contributed by atoms with Gasteiger partial charge in [-0.25, -0.2) is 9.78 Å². The zero-order valence-corrected chi connectivity index (χ0v) is 12.2. The number of methoxy groups -OCH3 is 1. The molecule has 0 saturated heterocycles. The first-order chi connectivity index (χ1) is 9.24. The highest BCUT2D eigenvalue weighted by molar-refractivity contribution is 7.99. The molecule has 0 spiro atoms. The molecule has 1 N–H and O–H groups in total. The number of aromatic nitrogens is 1. The van der Waals surface area contributed by atoms with Gasteiger partial charge in [-0.3, -0.25) is 0 Å². The summed E-state index contributed by atoms with van der Waals surface area (Å²) in [6.07, 6.45) is 5.20. The topological polar surface area (TPSA) is 51.2 Å². The van der Waals surface area contributed by atoms with Crippen LogP contribution in [-0.4, -0.2) is 35.1 Å². The minimum atomic E-state index is -0.340. The fourth-order valence-corrected chi connectivity index (χ4v) is 3.59. The molecule has 0 aliphatic heterocycles. The Morgan fingerprint density at radius 2 is 2.42 bits per heavy atom. The van der Waals surface area contributed by atoms with Crippen LogP contribution in [0, 0.1) is 0 Å². The first kappa shape index (κ1) is 14.2. The van der Waals surface area contributed by atoms with Crippen molar-refractivity contribution in [3.05, 3.63) is 23.9 Å². The van der Waals surface area contributed by atoms with Crippen LogP contribution < -0.4 is 5.32 Å². The quantitative estimate of drug-likeness (QED) is 0.840. The predicted octanol–water partition coefficient (Wildman–Crippen LogP) is 2.95. The Balaban J connectivity index is 2.02. The van der Waals surface area contributed by atoms with Crippen molar-refractivity contribution in [3.63, 3.8) is 0 Å². The number of carbonyl (C=O) groups is 1. The van der Waals surface area contributed by atoms with E-state index in [0.29, 0.717) is 17.4 Å². The zero-order valence-electron chi connectivity index (χ0n) is 11.4. The normalized spacial score (nSPS) is 22.2. The van der Waals surface area contributed by atoms with E-state index in [0.717, 1.165) is 23.8 Å². The Morgan fingerprint density at radius 1 is 1.58 bits per heavy atom. The molecule has 1 aliphatic carbocycles. The molecule has 0 aromatic carbocycles. The van der Waals surface area contributed by atoms with Gasteiger partial charge < -0.3 is 10.1 Å². The molecule has 104 valence electrons. The number of anilines is 1. The minimum absolute atomic E-state index is 0.340. The molecule has 0 bridgehead atoms. The van der Waals surface area contributed by atoms with Crippen molar-refractivity contribution in [2.45, 2.75) is 37.5 Å². The summed E-state index contributed by atoms with van der Waals surface area (Å²) >= 11 is 2.02. The van der Waals surface area contributed by atoms with E-state index in [4.69, 9.17) is 4.74 Å². The number of carbonyl (C=O) groups excluding carboxylic acids is 1. The fourth-order valence-electron chi connectivity index (χ4n) is 2.45. The van der Waals surface area contributed by atoms with Crippen molar-refractivity contribution in [2.24, 2.45) is 0 Å². The van der Waals surface area contributed by atoms with Crippen LogP contribution in [0.4, 0.5) is 5.82 Å². The van der Waals surface area contributed by atoms with Gasteiger partial charge in [-0.15, -0.1) is 0 Å². The molecule has 1 saturated carbocycles. The fraction of sp³-hybridized carbons (Fsp3) is 0.571. The van der Waals surface area contributed by atoms with Crippen LogP contribution in [0.3, 0.4) is 0 Å². The summed E-state index contributed by atoms with van der Waals surface area (Å²) in [6.45, 7) is 2.19. The van der Waals surface area contributed by atoms with Gasteiger partial charge in [-0.1, -0.05) is 6.92 Å². The highest BCUT2D eigenvalue weighted by Gasteiger charge is 2.25. The molecule has 5 heteroatoms. The third-order valence-corrected chi connectivity index (χ3v) is 4.57. The van der Waals surface area contributed by atoms with Gasteiger partial charge in [0, 0.05) is 17.5 Å². The molecule has 2 unspecified atom stereocenters. The first-order valence-corrected chi connectivity index (χ1v) is 7.71. The maximum absolute atomic E-state index is 11.7. The molecule has 2 atom stereocenters. The molecule has 1 heterocycles. The van der Waals surface area contributed by atoms with Crippen LogP contribution in [0.5, 0.6) is 0 Å². The SMILES string of the molecule is CCSC1CCC(Nc2ncccc2C(=O)OC)C1. The maximum atomic E-state index is 11.7. The van der Waals surface area contributed by atoms with E-state index in [1.54, 1.807) is 18.3 Å². The molecule has 19 heavy (non-hydrogen) atoms. The molecule has 0 amide bonds. The van der Waals surface area contributed by atoms with Gasteiger partial charge in [0.15, 0.2) is 0 Å². The molecule has 2 rings (SSSR count). The summed E-state index contributed by atoms with van der Waals surface area (Å²) in [6, 6.07) is 3.90. The largest absolute Gasteiger partial charge is 0.465 e. The summed E-state index contributed by atoms with van der Waals surface area (Å²) in [4.78, 5) is 15.9. The second kappa shape index (κ2) is 6.80. The Morgan fingerprint density at radius 3 is 3.16 bits per heavy atom. The maximum Gasteiger partial charge on any atom is 0.341 e. The second-order valence-corrected chi connectivity index (χ2v) is 6.20. The molecule has 1 aliphatic rings. The van der Waals surface area contributed by atoms with Crippen molar-refractivity contribution in [3.8, 4) is 0 Å². The lowest BCUT2D eigenvalue weighted by atomic mass is 10.2.